The fraction of sp³-hybridized carbons (Fsp3) is 0.909. The van der Waals surface area contributed by atoms with Gasteiger partial charge in [-0.2, -0.15) is 0 Å². The Hall–Kier alpha value is -1.10. The van der Waals surface area contributed by atoms with Crippen molar-refractivity contribution in [1.82, 2.24) is 0 Å². The molecule has 0 fully saturated rings. The van der Waals surface area contributed by atoms with Gasteiger partial charge in [-0.1, -0.05) is 78.1 Å². The van der Waals surface area contributed by atoms with E-state index in [1.165, 1.54) is 38.5 Å². The number of rotatable bonds is 19. The highest BCUT2D eigenvalue weighted by atomic mass is 16.5. The molecule has 1 N–H and O–H groups in total. The van der Waals surface area contributed by atoms with Gasteiger partial charge < -0.3 is 14.6 Å². The highest BCUT2D eigenvalue weighted by Crippen LogP contribution is 2.10. The van der Waals surface area contributed by atoms with Crippen molar-refractivity contribution in [3.63, 3.8) is 0 Å². The zero-order valence-corrected chi connectivity index (χ0v) is 17.7. The maximum Gasteiger partial charge on any atom is 0.305 e. The quantitative estimate of drug-likeness (QED) is 0.244. The van der Waals surface area contributed by atoms with Crippen LogP contribution in [0.4, 0.5) is 0 Å². The van der Waals surface area contributed by atoms with Crippen LogP contribution in [-0.2, 0) is 19.1 Å². The minimum atomic E-state index is -0.341. The molecule has 0 atom stereocenters. The molecule has 0 saturated carbocycles. The van der Waals surface area contributed by atoms with Gasteiger partial charge in [-0.15, -0.1) is 0 Å². The van der Waals surface area contributed by atoms with Crippen LogP contribution in [0.15, 0.2) is 0 Å². The second-order valence-corrected chi connectivity index (χ2v) is 7.45. The standard InChI is InChI=1S/C22H42O5/c1-3-5-7-9-11-13-15-21(24)26-18-20(17-23)19-27-22(25)16-14-12-10-8-6-4-2/h20,23H,3-19H2,1-2H3. The first-order valence-electron chi connectivity index (χ1n) is 11.1. The van der Waals surface area contributed by atoms with Gasteiger partial charge in [0.25, 0.3) is 0 Å². The topological polar surface area (TPSA) is 72.8 Å². The van der Waals surface area contributed by atoms with Crippen molar-refractivity contribution in [3.8, 4) is 0 Å². The highest BCUT2D eigenvalue weighted by molar-refractivity contribution is 5.69. The van der Waals surface area contributed by atoms with Crippen LogP contribution < -0.4 is 0 Å². The summed E-state index contributed by atoms with van der Waals surface area (Å²) in [5, 5.41) is 9.36. The van der Waals surface area contributed by atoms with Gasteiger partial charge in [0.05, 0.1) is 25.7 Å². The molecule has 0 aromatic heterocycles. The van der Waals surface area contributed by atoms with E-state index in [9.17, 15) is 14.7 Å². The van der Waals surface area contributed by atoms with Crippen LogP contribution in [-0.4, -0.2) is 36.9 Å². The normalized spacial score (nSPS) is 11.0. The summed E-state index contributed by atoms with van der Waals surface area (Å²) in [6.07, 6.45) is 14.3. The fourth-order valence-corrected chi connectivity index (χ4v) is 2.82. The summed E-state index contributed by atoms with van der Waals surface area (Å²) in [5.74, 6) is -0.809. The Morgan fingerprint density at radius 3 is 1.41 bits per heavy atom. The Balaban J connectivity index is 3.66. The van der Waals surface area contributed by atoms with E-state index in [-0.39, 0.29) is 37.7 Å². The third kappa shape index (κ3) is 18.0. The number of esters is 2. The Morgan fingerprint density at radius 1 is 0.667 bits per heavy atom. The van der Waals surface area contributed by atoms with Crippen molar-refractivity contribution in [2.24, 2.45) is 5.92 Å². The van der Waals surface area contributed by atoms with E-state index in [0.29, 0.717) is 12.8 Å². The maximum absolute atomic E-state index is 11.7. The predicted molar refractivity (Wildman–Crippen MR) is 108 cm³/mol. The van der Waals surface area contributed by atoms with Crippen molar-refractivity contribution in [2.45, 2.75) is 104 Å². The molecule has 0 spiro atoms. The molecule has 0 aliphatic heterocycles. The number of hydrogen-bond donors (Lipinski definition) is 1. The Labute approximate surface area is 166 Å². The lowest BCUT2D eigenvalue weighted by Gasteiger charge is -2.15. The van der Waals surface area contributed by atoms with Gasteiger partial charge in [-0.25, -0.2) is 0 Å². The Bertz CT molecular complexity index is 325. The summed E-state index contributed by atoms with van der Waals surface area (Å²) in [4.78, 5) is 23.5. The molecule has 0 amide bonds. The molecule has 5 nitrogen and oxygen atoms in total. The number of hydrogen-bond acceptors (Lipinski definition) is 5. The summed E-state index contributed by atoms with van der Waals surface area (Å²) in [6.45, 7) is 4.42. The zero-order valence-electron chi connectivity index (χ0n) is 17.7. The smallest absolute Gasteiger partial charge is 0.305 e. The molecule has 0 heterocycles. The molecule has 0 saturated heterocycles. The predicted octanol–water partition coefficient (Wildman–Crippen LogP) is 5.18. The van der Waals surface area contributed by atoms with Crippen LogP contribution >= 0.6 is 0 Å². The molecule has 160 valence electrons. The molecule has 0 rings (SSSR count). The van der Waals surface area contributed by atoms with E-state index in [1.54, 1.807) is 0 Å². The number of aliphatic hydroxyl groups excluding tert-OH is 1. The van der Waals surface area contributed by atoms with E-state index >= 15 is 0 Å². The van der Waals surface area contributed by atoms with Gasteiger partial charge in [0.2, 0.25) is 0 Å². The second kappa shape index (κ2) is 19.7. The molecule has 5 heteroatoms. The third-order valence-electron chi connectivity index (χ3n) is 4.69. The van der Waals surface area contributed by atoms with Crippen molar-refractivity contribution in [3.05, 3.63) is 0 Å². The molecule has 0 bridgehead atoms. The van der Waals surface area contributed by atoms with E-state index < -0.39 is 0 Å². The van der Waals surface area contributed by atoms with Crippen LogP contribution in [0.25, 0.3) is 0 Å². The van der Waals surface area contributed by atoms with Gasteiger partial charge in [-0.05, 0) is 12.8 Å². The van der Waals surface area contributed by atoms with Gasteiger partial charge in [0.1, 0.15) is 0 Å². The fourth-order valence-electron chi connectivity index (χ4n) is 2.82. The molecule has 0 aliphatic carbocycles. The first-order valence-corrected chi connectivity index (χ1v) is 11.1. The number of unbranched alkanes of at least 4 members (excludes halogenated alkanes) is 10. The number of aliphatic hydroxyl groups is 1. The summed E-state index contributed by atoms with van der Waals surface area (Å²) >= 11 is 0. The van der Waals surface area contributed by atoms with Gasteiger partial charge in [0, 0.05) is 12.8 Å². The highest BCUT2D eigenvalue weighted by Gasteiger charge is 2.14. The lowest BCUT2D eigenvalue weighted by Crippen LogP contribution is -2.23. The second-order valence-electron chi connectivity index (χ2n) is 7.45. The van der Waals surface area contributed by atoms with Crippen LogP contribution in [0.1, 0.15) is 104 Å². The Morgan fingerprint density at radius 2 is 1.04 bits per heavy atom. The average molecular weight is 387 g/mol. The van der Waals surface area contributed by atoms with Crippen molar-refractivity contribution < 1.29 is 24.2 Å². The van der Waals surface area contributed by atoms with Crippen LogP contribution in [0, 0.1) is 5.92 Å². The first-order chi connectivity index (χ1) is 13.1. The minimum Gasteiger partial charge on any atom is -0.465 e. The van der Waals surface area contributed by atoms with Crippen molar-refractivity contribution in [1.29, 1.82) is 0 Å². The Kier molecular flexibility index (Phi) is 18.9. The largest absolute Gasteiger partial charge is 0.465 e. The lowest BCUT2D eigenvalue weighted by molar-refractivity contribution is -0.149. The van der Waals surface area contributed by atoms with Crippen molar-refractivity contribution >= 4 is 11.9 Å². The van der Waals surface area contributed by atoms with Gasteiger partial charge >= 0.3 is 11.9 Å². The monoisotopic (exact) mass is 386 g/mol. The SMILES string of the molecule is CCCCCCCCC(=O)OCC(CO)COC(=O)CCCCCCCC. The zero-order chi connectivity index (χ0) is 20.2. The van der Waals surface area contributed by atoms with E-state index in [0.717, 1.165) is 38.5 Å². The molecule has 0 aromatic carbocycles. The van der Waals surface area contributed by atoms with Crippen LogP contribution in [0.5, 0.6) is 0 Å². The van der Waals surface area contributed by atoms with Gasteiger partial charge in [0.15, 0.2) is 0 Å². The number of carbonyl (C=O) groups excluding carboxylic acids is 2. The molecular weight excluding hydrogens is 344 g/mol. The number of ether oxygens (including phenoxy) is 2. The van der Waals surface area contributed by atoms with Crippen LogP contribution in [0.2, 0.25) is 0 Å². The molecular formula is C22H42O5. The lowest BCUT2D eigenvalue weighted by atomic mass is 10.1. The van der Waals surface area contributed by atoms with Crippen LogP contribution in [0.3, 0.4) is 0 Å². The van der Waals surface area contributed by atoms with Crippen molar-refractivity contribution in [2.75, 3.05) is 19.8 Å². The van der Waals surface area contributed by atoms with E-state index in [2.05, 4.69) is 13.8 Å². The summed E-state index contributed by atoms with van der Waals surface area (Å²) in [7, 11) is 0. The third-order valence-corrected chi connectivity index (χ3v) is 4.69. The van der Waals surface area contributed by atoms with Gasteiger partial charge in [-0.3, -0.25) is 9.59 Å². The number of carbonyl (C=O) groups is 2. The molecule has 0 aromatic rings. The summed E-state index contributed by atoms with van der Waals surface area (Å²) in [6, 6.07) is 0. The minimum absolute atomic E-state index is 0.107. The molecule has 0 radical (unpaired) electrons. The molecule has 0 aliphatic rings. The summed E-state index contributed by atoms with van der Waals surface area (Å²) < 4.78 is 10.4. The van der Waals surface area contributed by atoms with E-state index in [1.807, 2.05) is 0 Å². The maximum atomic E-state index is 11.7. The average Bonchev–Trinajstić information content (AvgIpc) is 2.67. The summed E-state index contributed by atoms with van der Waals surface area (Å²) in [5.41, 5.74) is 0. The molecule has 0 unspecified atom stereocenters. The first kappa shape index (κ1) is 25.9. The molecule has 27 heavy (non-hydrogen) atoms. The van der Waals surface area contributed by atoms with E-state index in [4.69, 9.17) is 9.47 Å².